The second-order valence-corrected chi connectivity index (χ2v) is 13.7. The summed E-state index contributed by atoms with van der Waals surface area (Å²) < 4.78 is 62.1. The van der Waals surface area contributed by atoms with Crippen molar-refractivity contribution in [2.75, 3.05) is 23.1 Å². The van der Waals surface area contributed by atoms with Crippen molar-refractivity contribution in [3.63, 3.8) is 0 Å². The van der Waals surface area contributed by atoms with Crippen molar-refractivity contribution in [3.8, 4) is 5.69 Å². The highest BCUT2D eigenvalue weighted by atomic mass is 127. The molecule has 1 aliphatic carbocycles. The predicted molar refractivity (Wildman–Crippen MR) is 168 cm³/mol. The highest BCUT2D eigenvalue weighted by Gasteiger charge is 2.33. The first-order chi connectivity index (χ1) is 20.4. The first-order valence-corrected chi connectivity index (χ1v) is 16.0. The number of aromatic nitrogens is 3. The van der Waals surface area contributed by atoms with Crippen LogP contribution >= 0.6 is 22.6 Å². The zero-order chi connectivity index (χ0) is 30.8. The second kappa shape index (κ2) is 10.9. The van der Waals surface area contributed by atoms with Gasteiger partial charge in [0.15, 0.2) is 0 Å². The number of nitrogens with zero attached hydrogens (tertiary/aromatic N) is 4. The summed E-state index contributed by atoms with van der Waals surface area (Å²) in [6.07, 6.45) is 0.0515. The molecule has 1 atom stereocenters. The largest absolute Gasteiger partial charge is 0.338 e. The molecule has 6 rings (SSSR count). The van der Waals surface area contributed by atoms with Crippen molar-refractivity contribution >= 4 is 60.9 Å². The maximum absolute atomic E-state index is 14.9. The lowest BCUT2D eigenvalue weighted by Gasteiger charge is -2.21. The smallest absolute Gasteiger partial charge is 0.336 e. The number of alkyl halides is 1. The lowest BCUT2D eigenvalue weighted by molar-refractivity contribution is 0.343. The van der Waals surface area contributed by atoms with Gasteiger partial charge in [-0.1, -0.05) is 6.07 Å². The van der Waals surface area contributed by atoms with E-state index in [0.717, 1.165) is 8.87 Å². The van der Waals surface area contributed by atoms with E-state index in [2.05, 4.69) is 10.0 Å². The minimum absolute atomic E-state index is 0.00101. The minimum atomic E-state index is -4.08. The van der Waals surface area contributed by atoms with Crippen molar-refractivity contribution < 1.29 is 17.2 Å². The molecule has 0 bridgehead atoms. The molecule has 15 heteroatoms. The molecule has 3 heterocycles. The molecule has 2 aromatic carbocycles. The molecule has 0 spiro atoms. The maximum Gasteiger partial charge on any atom is 0.336 e. The molecule has 1 saturated heterocycles. The molecule has 4 aromatic rings. The summed E-state index contributed by atoms with van der Waals surface area (Å²) in [5.41, 5.74) is -1.40. The number of halogens is 3. The number of hydrogen-bond acceptors (Lipinski definition) is 6. The van der Waals surface area contributed by atoms with Crippen LogP contribution in [0.2, 0.25) is 0 Å². The Labute approximate surface area is 258 Å². The molecule has 2 aliphatic rings. The summed E-state index contributed by atoms with van der Waals surface area (Å²) in [4.78, 5) is 41.4. The van der Waals surface area contributed by atoms with E-state index in [1.165, 1.54) is 53.4 Å². The molecule has 0 amide bonds. The van der Waals surface area contributed by atoms with Crippen molar-refractivity contribution in [3.05, 3.63) is 88.6 Å². The van der Waals surface area contributed by atoms with Crippen molar-refractivity contribution in [2.45, 2.75) is 38.4 Å². The lowest BCUT2D eigenvalue weighted by atomic mass is 10.1. The van der Waals surface area contributed by atoms with Gasteiger partial charge in [-0.25, -0.2) is 13.6 Å². The summed E-state index contributed by atoms with van der Waals surface area (Å²) in [6, 6.07) is 10.1. The third kappa shape index (κ3) is 5.26. The Hall–Kier alpha value is -3.57. The van der Waals surface area contributed by atoms with E-state index >= 15 is 0 Å². The van der Waals surface area contributed by atoms with Crippen molar-refractivity contribution in [1.29, 1.82) is 0 Å². The molecule has 226 valence electrons. The van der Waals surface area contributed by atoms with Crippen molar-refractivity contribution in [1.82, 2.24) is 18.0 Å². The van der Waals surface area contributed by atoms with Gasteiger partial charge in [0.2, 0.25) is 0 Å². The van der Waals surface area contributed by atoms with Gasteiger partial charge in [-0.3, -0.25) is 28.0 Å². The van der Waals surface area contributed by atoms with Crippen LogP contribution < -0.4 is 26.8 Å². The molecule has 2 N–H and O–H groups in total. The number of anilines is 3. The molecule has 1 saturated carbocycles. The van der Waals surface area contributed by atoms with Crippen molar-refractivity contribution in [2.24, 2.45) is 7.05 Å². The fourth-order valence-electron chi connectivity index (χ4n) is 5.40. The van der Waals surface area contributed by atoms with E-state index in [0.29, 0.717) is 16.4 Å². The Morgan fingerprint density at radius 2 is 1.77 bits per heavy atom. The number of pyridine rings is 1. The number of benzene rings is 2. The van der Waals surface area contributed by atoms with Gasteiger partial charge >= 0.3 is 15.9 Å². The van der Waals surface area contributed by atoms with Crippen LogP contribution in [0, 0.1) is 16.3 Å². The van der Waals surface area contributed by atoms with E-state index in [9.17, 15) is 31.6 Å². The average molecular weight is 725 g/mol. The van der Waals surface area contributed by atoms with Crippen LogP contribution in [0.25, 0.3) is 16.6 Å². The van der Waals surface area contributed by atoms with Crippen LogP contribution in [-0.2, 0) is 17.3 Å². The van der Waals surface area contributed by atoms with E-state index in [1.807, 2.05) is 22.6 Å². The number of aryl methyl sites for hydroxylation is 1. The normalized spacial score (nSPS) is 17.5. The fourth-order valence-corrected chi connectivity index (χ4v) is 7.11. The van der Waals surface area contributed by atoms with E-state index in [4.69, 9.17) is 0 Å². The third-order valence-corrected chi connectivity index (χ3v) is 9.90. The molecule has 1 unspecified atom stereocenters. The third-order valence-electron chi connectivity index (χ3n) is 7.72. The minimum Gasteiger partial charge on any atom is -0.338 e. The fraction of sp³-hybridized carbons (Fsp3) is 0.321. The van der Waals surface area contributed by atoms with Crippen LogP contribution in [0.15, 0.2) is 56.8 Å². The van der Waals surface area contributed by atoms with Gasteiger partial charge in [0.05, 0.1) is 22.6 Å². The maximum atomic E-state index is 14.9. The SMILES string of the molecule is Cc1c(=O)n(C)c(Nc2ccc(I)cc2F)c2c(=O)n(C3CC3)c(=O)n(-c3cccc(NS(=O)(=O)N4CCC(F)C4)c3)c12. The van der Waals surface area contributed by atoms with Crippen LogP contribution in [0.4, 0.5) is 26.0 Å². The van der Waals surface area contributed by atoms with E-state index in [-0.39, 0.29) is 64.9 Å². The van der Waals surface area contributed by atoms with Gasteiger partial charge in [-0.2, -0.15) is 12.7 Å². The first-order valence-electron chi connectivity index (χ1n) is 13.5. The molecular weight excluding hydrogens is 697 g/mol. The van der Waals surface area contributed by atoms with Crippen LogP contribution in [0.5, 0.6) is 0 Å². The van der Waals surface area contributed by atoms with Gasteiger partial charge in [-0.05, 0) is 85.2 Å². The van der Waals surface area contributed by atoms with Gasteiger partial charge < -0.3 is 5.32 Å². The Balaban J connectivity index is 1.59. The lowest BCUT2D eigenvalue weighted by Crippen LogP contribution is -2.41. The standard InChI is InChI=1S/C28H27F2IN6O5S/c1-15-24-23(25(34(2)26(15)38)32-22-9-6-17(31)12-21(22)30)27(39)37(19-7-8-19)28(40)36(24)20-5-3-4-18(13-20)33-43(41,42)35-11-10-16(29)14-35/h3-6,9,12-13,16,19,32-33H,7-8,10-11,14H2,1-2H3. The zero-order valence-electron chi connectivity index (χ0n) is 23.1. The summed E-state index contributed by atoms with van der Waals surface area (Å²) >= 11 is 1.97. The van der Waals surface area contributed by atoms with Crippen LogP contribution in [0.3, 0.4) is 0 Å². The molecular formula is C28H27F2IN6O5S. The predicted octanol–water partition coefficient (Wildman–Crippen LogP) is 3.68. The quantitative estimate of drug-likeness (QED) is 0.280. The van der Waals surface area contributed by atoms with Crippen LogP contribution in [0.1, 0.15) is 30.9 Å². The number of nitrogens with one attached hydrogen (secondary N) is 2. The topological polar surface area (TPSA) is 127 Å². The Bertz CT molecular complexity index is 2090. The van der Waals surface area contributed by atoms with Crippen LogP contribution in [-0.4, -0.2) is 45.7 Å². The zero-order valence-corrected chi connectivity index (χ0v) is 26.1. The average Bonchev–Trinajstić information content (AvgIpc) is 3.68. The molecule has 2 fully saturated rings. The molecule has 2 aromatic heterocycles. The Kier molecular flexibility index (Phi) is 7.45. The molecule has 0 radical (unpaired) electrons. The number of rotatable bonds is 7. The summed E-state index contributed by atoms with van der Waals surface area (Å²) in [7, 11) is -2.63. The van der Waals surface area contributed by atoms with Gasteiger partial charge in [0.1, 0.15) is 23.2 Å². The summed E-state index contributed by atoms with van der Waals surface area (Å²) in [5, 5.41) is 2.91. The second-order valence-electron chi connectivity index (χ2n) is 10.7. The molecule has 1 aliphatic heterocycles. The number of hydrogen-bond donors (Lipinski definition) is 2. The van der Waals surface area contributed by atoms with Gasteiger partial charge in [0, 0.05) is 35.3 Å². The highest BCUT2D eigenvalue weighted by molar-refractivity contribution is 14.1. The summed E-state index contributed by atoms with van der Waals surface area (Å²) in [5.74, 6) is -0.591. The summed E-state index contributed by atoms with van der Waals surface area (Å²) in [6.45, 7) is 1.26. The first kappa shape index (κ1) is 29.5. The highest BCUT2D eigenvalue weighted by Crippen LogP contribution is 2.34. The van der Waals surface area contributed by atoms with E-state index < -0.39 is 39.0 Å². The van der Waals surface area contributed by atoms with E-state index in [1.54, 1.807) is 12.1 Å². The molecule has 11 nitrogen and oxygen atoms in total. The number of fused-ring (bicyclic) bond motifs is 1. The van der Waals surface area contributed by atoms with Gasteiger partial charge in [-0.15, -0.1) is 0 Å². The van der Waals surface area contributed by atoms with Gasteiger partial charge in [0.25, 0.3) is 11.1 Å². The molecule has 43 heavy (non-hydrogen) atoms. The Morgan fingerprint density at radius 1 is 1.02 bits per heavy atom. The monoisotopic (exact) mass is 724 g/mol. The Morgan fingerprint density at radius 3 is 2.42 bits per heavy atom.